The lowest BCUT2D eigenvalue weighted by Crippen LogP contribution is -2.43. The van der Waals surface area contributed by atoms with Gasteiger partial charge >= 0.3 is 0 Å². The fourth-order valence-corrected chi connectivity index (χ4v) is 4.16. The highest BCUT2D eigenvalue weighted by Gasteiger charge is 2.26. The molecule has 168 valence electrons. The first-order chi connectivity index (χ1) is 13.9. The number of hydrogen-bond donors (Lipinski definition) is 1. The van der Waals surface area contributed by atoms with Gasteiger partial charge in [-0.1, -0.05) is 13.8 Å². The number of aryl methyl sites for hydroxylation is 2. The molecular weight excluding hydrogens is 491 g/mol. The van der Waals surface area contributed by atoms with Crippen molar-refractivity contribution in [1.29, 1.82) is 0 Å². The average Bonchev–Trinajstić information content (AvgIpc) is 3.41. The molecule has 0 saturated carbocycles. The van der Waals surface area contributed by atoms with E-state index in [2.05, 4.69) is 64.4 Å². The van der Waals surface area contributed by atoms with Crippen LogP contribution in [-0.2, 0) is 13.6 Å². The summed E-state index contributed by atoms with van der Waals surface area (Å²) >= 11 is 0. The molecule has 3 rings (SSSR count). The fraction of sp³-hybridized carbons (Fsp3) is 0.636. The molecule has 8 heteroatoms. The standard InChI is InChI=1S/C22H36N6O.HI/c1-16(2)21-18(15-27(6)25-21)14-26(5)22(23-4)24-13-19(28-11-7-8-12-28)20-10-9-17(3)29-20;/h9-10,15-16,19H,7-8,11-14H2,1-6H3,(H,23,24);1H. The number of rotatable bonds is 7. The van der Waals surface area contributed by atoms with Gasteiger partial charge in [-0.2, -0.15) is 5.10 Å². The number of nitrogens with one attached hydrogen (secondary N) is 1. The number of hydrogen-bond acceptors (Lipinski definition) is 4. The summed E-state index contributed by atoms with van der Waals surface area (Å²) in [5.74, 6) is 3.28. The average molecular weight is 528 g/mol. The Hall–Kier alpha value is -1.55. The van der Waals surface area contributed by atoms with E-state index in [1.165, 1.54) is 18.4 Å². The smallest absolute Gasteiger partial charge is 0.193 e. The van der Waals surface area contributed by atoms with Crippen LogP contribution >= 0.6 is 24.0 Å². The predicted octanol–water partition coefficient (Wildman–Crippen LogP) is 3.91. The van der Waals surface area contributed by atoms with Crippen LogP contribution < -0.4 is 5.32 Å². The van der Waals surface area contributed by atoms with E-state index in [-0.39, 0.29) is 30.0 Å². The molecule has 1 aliphatic rings. The summed E-state index contributed by atoms with van der Waals surface area (Å²) in [6.07, 6.45) is 4.62. The Balaban J connectivity index is 0.00000320. The molecule has 0 radical (unpaired) electrons. The Morgan fingerprint density at radius 1 is 1.30 bits per heavy atom. The molecule has 0 amide bonds. The summed E-state index contributed by atoms with van der Waals surface area (Å²) in [6, 6.07) is 4.38. The summed E-state index contributed by atoms with van der Waals surface area (Å²) in [5, 5.41) is 8.20. The lowest BCUT2D eigenvalue weighted by molar-refractivity contribution is 0.212. The third kappa shape index (κ3) is 6.00. The SMILES string of the molecule is CN=C(NCC(c1ccc(C)o1)N1CCCC1)N(C)Cc1cn(C)nc1C(C)C.I. The lowest BCUT2D eigenvalue weighted by atomic mass is 10.1. The maximum Gasteiger partial charge on any atom is 0.193 e. The van der Waals surface area contributed by atoms with Gasteiger partial charge in [-0.15, -0.1) is 24.0 Å². The Morgan fingerprint density at radius 2 is 2.00 bits per heavy atom. The summed E-state index contributed by atoms with van der Waals surface area (Å²) in [6.45, 7) is 10.2. The Bertz CT molecular complexity index is 821. The number of furan rings is 1. The van der Waals surface area contributed by atoms with Gasteiger partial charge in [0.25, 0.3) is 0 Å². The van der Waals surface area contributed by atoms with Crippen LogP contribution in [0.5, 0.6) is 0 Å². The normalized spacial score (nSPS) is 16.0. The van der Waals surface area contributed by atoms with Gasteiger partial charge in [0.15, 0.2) is 5.96 Å². The van der Waals surface area contributed by atoms with Gasteiger partial charge in [0.2, 0.25) is 0 Å². The molecule has 1 saturated heterocycles. The predicted molar refractivity (Wildman–Crippen MR) is 133 cm³/mol. The summed E-state index contributed by atoms with van der Waals surface area (Å²) in [7, 11) is 5.90. The van der Waals surface area contributed by atoms with Gasteiger partial charge in [-0.3, -0.25) is 14.6 Å². The van der Waals surface area contributed by atoms with Crippen molar-refractivity contribution in [2.24, 2.45) is 12.0 Å². The maximum atomic E-state index is 5.98. The molecule has 2 aromatic rings. The van der Waals surface area contributed by atoms with Crippen molar-refractivity contribution in [3.8, 4) is 0 Å². The van der Waals surface area contributed by atoms with Gasteiger partial charge in [0.1, 0.15) is 11.5 Å². The summed E-state index contributed by atoms with van der Waals surface area (Å²) in [4.78, 5) is 9.19. The number of likely N-dealkylation sites (tertiary alicyclic amines) is 1. The molecule has 3 heterocycles. The molecule has 1 fully saturated rings. The van der Waals surface area contributed by atoms with Crippen LogP contribution in [0, 0.1) is 6.92 Å². The van der Waals surface area contributed by atoms with Crippen LogP contribution in [-0.4, -0.2) is 59.3 Å². The quantitative estimate of drug-likeness (QED) is 0.336. The second kappa shape index (κ2) is 11.2. The Morgan fingerprint density at radius 3 is 2.57 bits per heavy atom. The van der Waals surface area contributed by atoms with Gasteiger partial charge in [0.05, 0.1) is 11.7 Å². The first kappa shape index (κ1) is 24.7. The third-order valence-electron chi connectivity index (χ3n) is 5.59. The number of nitrogens with zero attached hydrogens (tertiary/aromatic N) is 5. The van der Waals surface area contributed by atoms with E-state index >= 15 is 0 Å². The number of aromatic nitrogens is 2. The maximum absolute atomic E-state index is 5.98. The monoisotopic (exact) mass is 528 g/mol. The van der Waals surface area contributed by atoms with E-state index in [0.29, 0.717) is 5.92 Å². The van der Waals surface area contributed by atoms with E-state index in [1.54, 1.807) is 0 Å². The molecule has 2 aromatic heterocycles. The van der Waals surface area contributed by atoms with Crippen molar-refractivity contribution in [3.63, 3.8) is 0 Å². The molecule has 0 spiro atoms. The van der Waals surface area contributed by atoms with Crippen LogP contribution in [0.4, 0.5) is 0 Å². The molecule has 30 heavy (non-hydrogen) atoms. The van der Waals surface area contributed by atoms with Gasteiger partial charge < -0.3 is 14.6 Å². The zero-order valence-electron chi connectivity index (χ0n) is 19.2. The van der Waals surface area contributed by atoms with Crippen LogP contribution in [0.1, 0.15) is 61.4 Å². The molecule has 1 N–H and O–H groups in total. The van der Waals surface area contributed by atoms with Gasteiger partial charge in [0, 0.05) is 46.0 Å². The van der Waals surface area contributed by atoms with E-state index in [4.69, 9.17) is 4.42 Å². The third-order valence-corrected chi connectivity index (χ3v) is 5.59. The zero-order valence-corrected chi connectivity index (χ0v) is 21.5. The Labute approximate surface area is 197 Å². The van der Waals surface area contributed by atoms with Crippen molar-refractivity contribution in [2.45, 2.75) is 52.1 Å². The number of halogens is 1. The van der Waals surface area contributed by atoms with Crippen LogP contribution in [0.15, 0.2) is 27.7 Å². The minimum Gasteiger partial charge on any atom is -0.465 e. The van der Waals surface area contributed by atoms with Crippen LogP contribution in [0.2, 0.25) is 0 Å². The van der Waals surface area contributed by atoms with Crippen molar-refractivity contribution in [2.75, 3.05) is 33.7 Å². The van der Waals surface area contributed by atoms with E-state index in [0.717, 1.165) is 49.4 Å². The first-order valence-corrected chi connectivity index (χ1v) is 10.6. The summed E-state index contributed by atoms with van der Waals surface area (Å²) < 4.78 is 7.88. The highest BCUT2D eigenvalue weighted by molar-refractivity contribution is 14.0. The van der Waals surface area contributed by atoms with Crippen LogP contribution in [0.25, 0.3) is 0 Å². The molecule has 1 aliphatic heterocycles. The minimum absolute atomic E-state index is 0. The van der Waals surface area contributed by atoms with Crippen LogP contribution in [0.3, 0.4) is 0 Å². The van der Waals surface area contributed by atoms with E-state index in [9.17, 15) is 0 Å². The van der Waals surface area contributed by atoms with Gasteiger partial charge in [-0.25, -0.2) is 0 Å². The molecule has 0 aliphatic carbocycles. The summed E-state index contributed by atoms with van der Waals surface area (Å²) in [5.41, 5.74) is 2.39. The lowest BCUT2D eigenvalue weighted by Gasteiger charge is -2.29. The van der Waals surface area contributed by atoms with Crippen molar-refractivity contribution >= 4 is 29.9 Å². The second-order valence-electron chi connectivity index (χ2n) is 8.36. The van der Waals surface area contributed by atoms with Crippen molar-refractivity contribution < 1.29 is 4.42 Å². The first-order valence-electron chi connectivity index (χ1n) is 10.6. The minimum atomic E-state index is 0. The topological polar surface area (TPSA) is 61.8 Å². The van der Waals surface area contributed by atoms with E-state index < -0.39 is 0 Å². The number of aliphatic imine (C=N–C) groups is 1. The molecule has 1 atom stereocenters. The largest absolute Gasteiger partial charge is 0.465 e. The van der Waals surface area contributed by atoms with E-state index in [1.807, 2.05) is 25.7 Å². The van der Waals surface area contributed by atoms with Gasteiger partial charge in [-0.05, 0) is 50.9 Å². The fourth-order valence-electron chi connectivity index (χ4n) is 4.16. The highest BCUT2D eigenvalue weighted by Crippen LogP contribution is 2.26. The molecule has 0 bridgehead atoms. The zero-order chi connectivity index (χ0) is 21.0. The molecular formula is C22H37IN6O. The molecule has 0 aromatic carbocycles. The molecule has 7 nitrogen and oxygen atoms in total. The van der Waals surface area contributed by atoms with Crippen molar-refractivity contribution in [3.05, 3.63) is 41.1 Å². The highest BCUT2D eigenvalue weighted by atomic mass is 127. The molecule has 1 unspecified atom stereocenters. The Kier molecular flexibility index (Phi) is 9.21. The van der Waals surface area contributed by atoms with Crippen molar-refractivity contribution in [1.82, 2.24) is 24.9 Å². The number of guanidine groups is 1. The second-order valence-corrected chi connectivity index (χ2v) is 8.36.